The van der Waals surface area contributed by atoms with Crippen molar-refractivity contribution in [1.29, 1.82) is 0 Å². The van der Waals surface area contributed by atoms with Crippen LogP contribution in [-0.2, 0) is 14.9 Å². The Morgan fingerprint density at radius 3 is 2.24 bits per heavy atom. The molecule has 0 bridgehead atoms. The summed E-state index contributed by atoms with van der Waals surface area (Å²) in [6.07, 6.45) is 0. The summed E-state index contributed by atoms with van der Waals surface area (Å²) in [5, 5.41) is 0.657. The van der Waals surface area contributed by atoms with Gasteiger partial charge >= 0.3 is 35.5 Å². The number of methoxy groups -OCH3 is 2. The summed E-state index contributed by atoms with van der Waals surface area (Å²) in [6.45, 7) is 0. The topological polar surface area (TPSA) is 89.9 Å². The summed E-state index contributed by atoms with van der Waals surface area (Å²) in [7, 11) is -1.95. The fourth-order valence-corrected chi connectivity index (χ4v) is 2.73. The van der Waals surface area contributed by atoms with E-state index in [2.05, 4.69) is 4.74 Å². The second-order valence-corrected chi connectivity index (χ2v) is 5.36. The fourth-order valence-electron chi connectivity index (χ4n) is 2.01. The molecule has 0 heterocycles. The number of hydrogen-bond acceptors (Lipinski definition) is 5. The molecule has 0 amide bonds. The largest absolute Gasteiger partial charge is 1.00 e. The molecule has 2 rings (SSSR count). The number of carbonyl (C=O) groups excluding carboxylic acids is 1. The average molecular weight is 320 g/mol. The second-order valence-electron chi connectivity index (χ2n) is 3.97. The normalized spacial score (nSPS) is 10.8. The molecule has 6 nitrogen and oxygen atoms in total. The van der Waals surface area contributed by atoms with Crippen LogP contribution in [0.1, 0.15) is 11.8 Å². The van der Waals surface area contributed by atoms with Crippen molar-refractivity contribution in [3.05, 3.63) is 35.9 Å². The average Bonchev–Trinajstić information content (AvgIpc) is 2.43. The molecule has 1 N–H and O–H groups in total. The number of ether oxygens (including phenoxy) is 2. The molecule has 0 radical (unpaired) electrons. The first-order valence-corrected chi connectivity index (χ1v) is 6.99. The fraction of sp³-hybridized carbons (Fsp3) is 0.154. The van der Waals surface area contributed by atoms with E-state index in [-0.39, 0.29) is 52.6 Å². The van der Waals surface area contributed by atoms with Crippen LogP contribution in [0.15, 0.2) is 35.2 Å². The monoisotopic (exact) mass is 320 g/mol. The molecule has 0 atom stereocenters. The van der Waals surface area contributed by atoms with Crippen molar-refractivity contribution in [1.82, 2.24) is 0 Å². The Morgan fingerprint density at radius 2 is 1.76 bits per heavy atom. The molecule has 0 aliphatic heterocycles. The van der Waals surface area contributed by atoms with Crippen LogP contribution in [0.4, 0.5) is 0 Å². The molecule has 0 saturated carbocycles. The molecular formula is C13H13NaO6S. The number of rotatable bonds is 3. The first-order chi connectivity index (χ1) is 9.40. The maximum atomic E-state index is 11.7. The zero-order valence-corrected chi connectivity index (χ0v) is 14.6. The number of hydrogen-bond donors (Lipinski definition) is 1. The number of fused-ring (bicyclic) bond motifs is 1. The Labute approximate surface area is 145 Å². The van der Waals surface area contributed by atoms with E-state index in [4.69, 9.17) is 4.74 Å². The van der Waals surface area contributed by atoms with Crippen LogP contribution in [0, 0.1) is 0 Å². The van der Waals surface area contributed by atoms with Crippen LogP contribution in [0.3, 0.4) is 0 Å². The molecule has 2 aromatic rings. The second kappa shape index (κ2) is 6.76. The smallest absolute Gasteiger partial charge is 1.00 e. The van der Waals surface area contributed by atoms with Crippen molar-refractivity contribution < 1.29 is 58.2 Å². The molecule has 0 aliphatic carbocycles. The van der Waals surface area contributed by atoms with Crippen molar-refractivity contribution in [2.24, 2.45) is 0 Å². The SMILES string of the molecule is COC(=O)c1cc(S(=O)(=O)O)c2ccccc2c1OC.[H-].[Na+]. The minimum absolute atomic E-state index is 0. The first kappa shape index (κ1) is 17.9. The quantitative estimate of drug-likeness (QED) is 0.443. The van der Waals surface area contributed by atoms with Gasteiger partial charge < -0.3 is 10.9 Å². The third-order valence-electron chi connectivity index (χ3n) is 2.84. The van der Waals surface area contributed by atoms with Crippen molar-refractivity contribution in [3.63, 3.8) is 0 Å². The minimum Gasteiger partial charge on any atom is -1.00 e. The van der Waals surface area contributed by atoms with Crippen molar-refractivity contribution in [2.75, 3.05) is 14.2 Å². The summed E-state index contributed by atoms with van der Waals surface area (Å²) in [5.41, 5.74) is -0.0682. The molecule has 8 heteroatoms. The van der Waals surface area contributed by atoms with E-state index in [9.17, 15) is 17.8 Å². The maximum Gasteiger partial charge on any atom is 1.00 e. The zero-order chi connectivity index (χ0) is 14.9. The summed E-state index contributed by atoms with van der Waals surface area (Å²) in [4.78, 5) is 11.4. The molecule has 0 aromatic heterocycles. The summed E-state index contributed by atoms with van der Waals surface area (Å²) < 4.78 is 42.0. The van der Waals surface area contributed by atoms with Gasteiger partial charge in [-0.3, -0.25) is 4.55 Å². The Morgan fingerprint density at radius 1 is 1.19 bits per heavy atom. The number of benzene rings is 2. The van der Waals surface area contributed by atoms with Gasteiger partial charge in [-0.1, -0.05) is 24.3 Å². The molecule has 0 spiro atoms. The Kier molecular flexibility index (Phi) is 5.77. The van der Waals surface area contributed by atoms with E-state index in [0.717, 1.165) is 6.07 Å². The van der Waals surface area contributed by atoms with Gasteiger partial charge in [0, 0.05) is 10.8 Å². The minimum atomic E-state index is -4.48. The van der Waals surface area contributed by atoms with Gasteiger partial charge in [-0.2, -0.15) is 8.42 Å². The number of carbonyl (C=O) groups is 1. The predicted molar refractivity (Wildman–Crippen MR) is 72.8 cm³/mol. The van der Waals surface area contributed by atoms with Gasteiger partial charge in [0.15, 0.2) is 0 Å². The van der Waals surface area contributed by atoms with E-state index in [1.165, 1.54) is 20.3 Å². The van der Waals surface area contributed by atoms with Crippen LogP contribution in [0.25, 0.3) is 10.8 Å². The van der Waals surface area contributed by atoms with E-state index in [0.29, 0.717) is 5.39 Å². The van der Waals surface area contributed by atoms with Gasteiger partial charge in [-0.05, 0) is 6.07 Å². The summed E-state index contributed by atoms with van der Waals surface area (Å²) >= 11 is 0. The molecule has 0 aliphatic rings. The Balaban J connectivity index is 0.00000220. The molecular weight excluding hydrogens is 307 g/mol. The maximum absolute atomic E-state index is 11.7. The van der Waals surface area contributed by atoms with Gasteiger partial charge in [0.1, 0.15) is 16.2 Å². The number of esters is 1. The van der Waals surface area contributed by atoms with Crippen molar-refractivity contribution >= 4 is 26.9 Å². The third kappa shape index (κ3) is 3.38. The van der Waals surface area contributed by atoms with Crippen molar-refractivity contribution in [2.45, 2.75) is 4.90 Å². The zero-order valence-electron chi connectivity index (χ0n) is 12.8. The van der Waals surface area contributed by atoms with E-state index < -0.39 is 16.1 Å². The van der Waals surface area contributed by atoms with E-state index >= 15 is 0 Å². The Bertz CT molecular complexity index is 790. The van der Waals surface area contributed by atoms with Gasteiger partial charge in [0.2, 0.25) is 0 Å². The molecule has 0 fully saturated rings. The van der Waals surface area contributed by atoms with E-state index in [1.807, 2.05) is 0 Å². The molecule has 21 heavy (non-hydrogen) atoms. The Hall–Kier alpha value is -1.12. The predicted octanol–water partition coefficient (Wildman–Crippen LogP) is -1.00. The van der Waals surface area contributed by atoms with E-state index in [1.54, 1.807) is 18.2 Å². The molecule has 2 aromatic carbocycles. The van der Waals surface area contributed by atoms with Crippen molar-refractivity contribution in [3.8, 4) is 5.75 Å². The first-order valence-electron chi connectivity index (χ1n) is 5.55. The van der Waals surface area contributed by atoms with Gasteiger partial charge in [-0.15, -0.1) is 0 Å². The molecule has 0 unspecified atom stereocenters. The molecule has 108 valence electrons. The van der Waals surface area contributed by atoms with Crippen LogP contribution in [0.5, 0.6) is 5.75 Å². The third-order valence-corrected chi connectivity index (χ3v) is 3.74. The van der Waals surface area contributed by atoms with Crippen LogP contribution >= 0.6 is 0 Å². The summed E-state index contributed by atoms with van der Waals surface area (Å²) in [5.74, 6) is -0.558. The van der Waals surface area contributed by atoms with Gasteiger partial charge in [-0.25, -0.2) is 4.79 Å². The van der Waals surface area contributed by atoms with Gasteiger partial charge in [0.05, 0.1) is 14.2 Å². The summed E-state index contributed by atoms with van der Waals surface area (Å²) in [6, 6.07) is 7.44. The van der Waals surface area contributed by atoms with Gasteiger partial charge in [0.25, 0.3) is 10.1 Å². The standard InChI is InChI=1S/C13H12O6S.Na.H/c1-18-12-9-6-4-3-5-8(9)11(20(15,16)17)7-10(12)13(14)19-2;;/h3-7H,1-2H3,(H,15,16,17);;/q;+1;-1. The molecule has 0 saturated heterocycles. The van der Waals surface area contributed by atoms with Crippen LogP contribution in [-0.4, -0.2) is 33.2 Å². The van der Waals surface area contributed by atoms with Crippen LogP contribution in [0.2, 0.25) is 0 Å². The van der Waals surface area contributed by atoms with Crippen LogP contribution < -0.4 is 34.3 Å².